The minimum atomic E-state index is -0.207. The Balaban J connectivity index is 0.000000469. The highest BCUT2D eigenvalue weighted by atomic mass is 35.5. The molecular formula is C27H38Cl2N4O4. The standard InChI is InChI=1S/C23H30Cl2N4O2.C4H8O2/c1-28(18-6-4-17(24)5-7-18)19-8-10-20(11-9-19)29-23(30)22(25)21(14-27-29)26-13-16-3-2-12-31-15-16;1-2-6-4-3-5-1/h4-7,14,16,19-20,26H,2-3,8-13,15H2,1H3;1-4H2. The molecule has 3 heterocycles. The molecule has 0 radical (unpaired) electrons. The summed E-state index contributed by atoms with van der Waals surface area (Å²) in [5.74, 6) is 0.445. The molecular weight excluding hydrogens is 515 g/mol. The van der Waals surface area contributed by atoms with Gasteiger partial charge < -0.3 is 24.4 Å². The number of hydrogen-bond donors (Lipinski definition) is 1. The van der Waals surface area contributed by atoms with Crippen LogP contribution in [0.25, 0.3) is 0 Å². The average molecular weight is 554 g/mol. The van der Waals surface area contributed by atoms with Gasteiger partial charge >= 0.3 is 0 Å². The number of halogens is 2. The monoisotopic (exact) mass is 552 g/mol. The zero-order valence-corrected chi connectivity index (χ0v) is 23.1. The summed E-state index contributed by atoms with van der Waals surface area (Å²) in [4.78, 5) is 15.2. The van der Waals surface area contributed by atoms with Crippen LogP contribution in [0.4, 0.5) is 11.4 Å². The maximum atomic E-state index is 12.9. The molecule has 0 amide bonds. The average Bonchev–Trinajstić information content (AvgIpc) is 2.96. The SMILES string of the molecule is C1COCCO1.CN(c1ccc(Cl)cc1)C1CCC(n2ncc(NCC3CCCOC3)c(Cl)c2=O)CC1. The normalized spacial score (nSPS) is 24.0. The lowest BCUT2D eigenvalue weighted by Gasteiger charge is -2.36. The zero-order chi connectivity index (χ0) is 26.0. The Morgan fingerprint density at radius 2 is 1.65 bits per heavy atom. The van der Waals surface area contributed by atoms with Crippen LogP contribution in [-0.2, 0) is 14.2 Å². The van der Waals surface area contributed by atoms with E-state index in [0.29, 0.717) is 17.6 Å². The molecule has 1 unspecified atom stereocenters. The molecule has 1 atom stereocenters. The molecule has 1 saturated carbocycles. The van der Waals surface area contributed by atoms with Gasteiger partial charge in [0.1, 0.15) is 5.02 Å². The van der Waals surface area contributed by atoms with Crippen LogP contribution in [0, 0.1) is 5.92 Å². The second-order valence-electron chi connectivity index (χ2n) is 9.86. The van der Waals surface area contributed by atoms with E-state index in [4.69, 9.17) is 37.4 Å². The molecule has 1 aromatic carbocycles. The van der Waals surface area contributed by atoms with Gasteiger partial charge in [-0.05, 0) is 68.7 Å². The van der Waals surface area contributed by atoms with E-state index in [1.54, 1.807) is 10.9 Å². The molecule has 1 aromatic heterocycles. The fourth-order valence-electron chi connectivity index (χ4n) is 5.07. The van der Waals surface area contributed by atoms with Crippen LogP contribution in [-0.4, -0.2) is 69.1 Å². The van der Waals surface area contributed by atoms with E-state index in [1.807, 2.05) is 24.3 Å². The summed E-state index contributed by atoms with van der Waals surface area (Å²) in [5, 5.41) is 8.73. The lowest BCUT2D eigenvalue weighted by atomic mass is 9.90. The third-order valence-electron chi connectivity index (χ3n) is 7.32. The van der Waals surface area contributed by atoms with Gasteiger partial charge in [0.05, 0.1) is 51.0 Å². The van der Waals surface area contributed by atoms with Gasteiger partial charge in [-0.3, -0.25) is 4.79 Å². The Labute approximate surface area is 229 Å². The van der Waals surface area contributed by atoms with E-state index in [-0.39, 0.29) is 16.6 Å². The molecule has 3 fully saturated rings. The van der Waals surface area contributed by atoms with Crippen LogP contribution < -0.4 is 15.8 Å². The Hall–Kier alpha value is -1.84. The van der Waals surface area contributed by atoms with Crippen LogP contribution in [0.1, 0.15) is 44.6 Å². The van der Waals surface area contributed by atoms with Crippen LogP contribution in [0.15, 0.2) is 35.3 Å². The lowest BCUT2D eigenvalue weighted by molar-refractivity contribution is -0.0334. The summed E-state index contributed by atoms with van der Waals surface area (Å²) < 4.78 is 17.0. The fourth-order valence-corrected chi connectivity index (χ4v) is 5.40. The second kappa shape index (κ2) is 14.4. The third kappa shape index (κ3) is 8.07. The quantitative estimate of drug-likeness (QED) is 0.537. The van der Waals surface area contributed by atoms with E-state index in [2.05, 4.69) is 22.4 Å². The van der Waals surface area contributed by atoms with Gasteiger partial charge in [-0.25, -0.2) is 4.68 Å². The minimum Gasteiger partial charge on any atom is -0.382 e. The summed E-state index contributed by atoms with van der Waals surface area (Å²) in [6.07, 6.45) is 7.70. The molecule has 0 bridgehead atoms. The Kier molecular flexibility index (Phi) is 10.9. The first-order valence-corrected chi connectivity index (χ1v) is 14.0. The van der Waals surface area contributed by atoms with Gasteiger partial charge in [0, 0.05) is 37.0 Å². The second-order valence-corrected chi connectivity index (χ2v) is 10.7. The van der Waals surface area contributed by atoms with Crippen LogP contribution in [0.5, 0.6) is 0 Å². The summed E-state index contributed by atoms with van der Waals surface area (Å²) >= 11 is 12.4. The minimum absolute atomic E-state index is 0.0839. The molecule has 2 aliphatic heterocycles. The Morgan fingerprint density at radius 3 is 2.24 bits per heavy atom. The number of nitrogens with zero attached hydrogens (tertiary/aromatic N) is 3. The highest BCUT2D eigenvalue weighted by Gasteiger charge is 2.27. The van der Waals surface area contributed by atoms with E-state index < -0.39 is 0 Å². The smallest absolute Gasteiger partial charge is 0.287 e. The van der Waals surface area contributed by atoms with E-state index >= 15 is 0 Å². The Bertz CT molecular complexity index is 1010. The summed E-state index contributed by atoms with van der Waals surface area (Å²) in [7, 11) is 2.12. The number of benzene rings is 1. The van der Waals surface area contributed by atoms with Crippen molar-refractivity contribution >= 4 is 34.6 Å². The molecule has 1 N–H and O–H groups in total. The van der Waals surface area contributed by atoms with Crippen molar-refractivity contribution < 1.29 is 14.2 Å². The molecule has 204 valence electrons. The summed E-state index contributed by atoms with van der Waals surface area (Å²) in [6, 6.07) is 8.45. The lowest BCUT2D eigenvalue weighted by Crippen LogP contribution is -2.38. The molecule has 1 aliphatic carbocycles. The van der Waals surface area contributed by atoms with Crippen molar-refractivity contribution in [1.29, 1.82) is 0 Å². The molecule has 8 nitrogen and oxygen atoms in total. The topological polar surface area (TPSA) is 77.8 Å². The van der Waals surface area contributed by atoms with Crippen molar-refractivity contribution in [1.82, 2.24) is 9.78 Å². The van der Waals surface area contributed by atoms with Gasteiger partial charge in [-0.1, -0.05) is 23.2 Å². The van der Waals surface area contributed by atoms with E-state index in [1.165, 1.54) is 0 Å². The van der Waals surface area contributed by atoms with Gasteiger partial charge in [0.2, 0.25) is 0 Å². The number of ether oxygens (including phenoxy) is 3. The molecule has 2 aromatic rings. The van der Waals surface area contributed by atoms with Gasteiger partial charge in [0.25, 0.3) is 5.56 Å². The van der Waals surface area contributed by atoms with Gasteiger partial charge in [-0.2, -0.15) is 5.10 Å². The van der Waals surface area contributed by atoms with Crippen LogP contribution in [0.3, 0.4) is 0 Å². The number of hydrogen-bond acceptors (Lipinski definition) is 7. The number of aromatic nitrogens is 2. The first-order valence-electron chi connectivity index (χ1n) is 13.3. The Morgan fingerprint density at radius 1 is 0.973 bits per heavy atom. The molecule has 0 spiro atoms. The predicted octanol–water partition coefficient (Wildman–Crippen LogP) is 5.04. The molecule has 37 heavy (non-hydrogen) atoms. The van der Waals surface area contributed by atoms with Gasteiger partial charge in [-0.15, -0.1) is 0 Å². The molecule has 10 heteroatoms. The van der Waals surface area contributed by atoms with Crippen molar-refractivity contribution in [2.75, 3.05) is 63.5 Å². The van der Waals surface area contributed by atoms with Gasteiger partial charge in [0.15, 0.2) is 0 Å². The van der Waals surface area contributed by atoms with Crippen molar-refractivity contribution in [2.45, 2.75) is 50.6 Å². The number of anilines is 2. The molecule has 2 saturated heterocycles. The number of rotatable bonds is 6. The molecule has 5 rings (SSSR count). The first kappa shape index (κ1) is 28.2. The van der Waals surface area contributed by atoms with Crippen molar-refractivity contribution in [2.24, 2.45) is 5.92 Å². The largest absolute Gasteiger partial charge is 0.382 e. The third-order valence-corrected chi connectivity index (χ3v) is 7.93. The van der Waals surface area contributed by atoms with Crippen molar-refractivity contribution in [3.63, 3.8) is 0 Å². The predicted molar refractivity (Wildman–Crippen MR) is 148 cm³/mol. The van der Waals surface area contributed by atoms with Crippen molar-refractivity contribution in [3.8, 4) is 0 Å². The van der Waals surface area contributed by atoms with Crippen LogP contribution >= 0.6 is 23.2 Å². The fraction of sp³-hybridized carbons (Fsp3) is 0.630. The maximum Gasteiger partial charge on any atom is 0.287 e. The van der Waals surface area contributed by atoms with E-state index in [0.717, 1.165) is 95.4 Å². The molecule has 3 aliphatic rings. The highest BCUT2D eigenvalue weighted by Crippen LogP contribution is 2.32. The highest BCUT2D eigenvalue weighted by molar-refractivity contribution is 6.33. The zero-order valence-electron chi connectivity index (χ0n) is 21.5. The van der Waals surface area contributed by atoms with E-state index in [9.17, 15) is 4.79 Å². The summed E-state index contributed by atoms with van der Waals surface area (Å²) in [6.45, 7) is 5.45. The van der Waals surface area contributed by atoms with Crippen LogP contribution in [0.2, 0.25) is 10.0 Å². The summed E-state index contributed by atoms with van der Waals surface area (Å²) in [5.41, 5.74) is 1.57. The first-order chi connectivity index (χ1) is 18.0. The number of nitrogens with one attached hydrogen (secondary N) is 1. The maximum absolute atomic E-state index is 12.9. The van der Waals surface area contributed by atoms with Crippen molar-refractivity contribution in [3.05, 3.63) is 50.9 Å².